The molecule has 0 atom stereocenters. The molecule has 0 bridgehead atoms. The van der Waals surface area contributed by atoms with Crippen molar-refractivity contribution in [3.05, 3.63) is 64.4 Å². The second-order valence-electron chi connectivity index (χ2n) is 4.05. The molecule has 5 heteroatoms. The van der Waals surface area contributed by atoms with Crippen molar-refractivity contribution in [3.63, 3.8) is 0 Å². The molecular weight excluding hydrogens is 283 g/mol. The van der Waals surface area contributed by atoms with E-state index in [1.165, 1.54) is 19.2 Å². The molecule has 0 unspecified atom stereocenters. The molecule has 0 saturated heterocycles. The Bertz CT molecular complexity index is 611. The molecule has 20 heavy (non-hydrogen) atoms. The minimum atomic E-state index is -0.642. The molecule has 2 aromatic rings. The number of carbonyl (C=O) groups excluding carboxylic acids is 1. The first-order valence-corrected chi connectivity index (χ1v) is 6.23. The van der Waals surface area contributed by atoms with E-state index in [0.717, 1.165) is 11.6 Å². The van der Waals surface area contributed by atoms with E-state index in [1.807, 2.05) is 0 Å². The van der Waals surface area contributed by atoms with E-state index in [1.54, 1.807) is 24.3 Å². The van der Waals surface area contributed by atoms with Crippen LogP contribution in [0.2, 0.25) is 5.02 Å². The van der Waals surface area contributed by atoms with Crippen LogP contribution < -0.4 is 4.74 Å². The molecule has 0 aliphatic carbocycles. The fraction of sp³-hybridized carbons (Fsp3) is 0.133. The average Bonchev–Trinajstić information content (AvgIpc) is 2.46. The van der Waals surface area contributed by atoms with Crippen molar-refractivity contribution < 1.29 is 18.7 Å². The van der Waals surface area contributed by atoms with E-state index in [4.69, 9.17) is 21.1 Å². The lowest BCUT2D eigenvalue weighted by molar-refractivity contribution is 0.0468. The summed E-state index contributed by atoms with van der Waals surface area (Å²) in [5, 5.41) is 0.604. The van der Waals surface area contributed by atoms with Gasteiger partial charge in [-0.3, -0.25) is 0 Å². The monoisotopic (exact) mass is 294 g/mol. The van der Waals surface area contributed by atoms with E-state index in [9.17, 15) is 9.18 Å². The number of carbonyl (C=O) groups is 1. The molecule has 0 fully saturated rings. The van der Waals surface area contributed by atoms with Gasteiger partial charge in [0.05, 0.1) is 7.11 Å². The van der Waals surface area contributed by atoms with Gasteiger partial charge < -0.3 is 9.47 Å². The van der Waals surface area contributed by atoms with Crippen LogP contribution in [0.5, 0.6) is 5.75 Å². The summed E-state index contributed by atoms with van der Waals surface area (Å²) >= 11 is 5.76. The van der Waals surface area contributed by atoms with Crippen LogP contribution in [0.3, 0.4) is 0 Å². The zero-order chi connectivity index (χ0) is 14.5. The zero-order valence-electron chi connectivity index (χ0n) is 10.7. The minimum absolute atomic E-state index is 0.0569. The van der Waals surface area contributed by atoms with E-state index < -0.39 is 11.8 Å². The van der Waals surface area contributed by atoms with Gasteiger partial charge in [-0.25, -0.2) is 9.18 Å². The van der Waals surface area contributed by atoms with Gasteiger partial charge in [-0.15, -0.1) is 0 Å². The van der Waals surface area contributed by atoms with Crippen molar-refractivity contribution in [2.24, 2.45) is 0 Å². The third kappa shape index (κ3) is 3.48. The Morgan fingerprint density at radius 3 is 2.55 bits per heavy atom. The van der Waals surface area contributed by atoms with Gasteiger partial charge in [0, 0.05) is 5.02 Å². The van der Waals surface area contributed by atoms with Crippen LogP contribution in [0.15, 0.2) is 42.5 Å². The second-order valence-corrected chi connectivity index (χ2v) is 4.48. The molecule has 0 radical (unpaired) electrons. The number of rotatable bonds is 4. The third-order valence-corrected chi connectivity index (χ3v) is 2.92. The summed E-state index contributed by atoms with van der Waals surface area (Å²) in [5.41, 5.74) is 0.847. The first-order chi connectivity index (χ1) is 9.60. The molecule has 104 valence electrons. The predicted octanol–water partition coefficient (Wildman–Crippen LogP) is 3.84. The quantitative estimate of drug-likeness (QED) is 0.804. The fourth-order valence-electron chi connectivity index (χ4n) is 1.65. The maximum atomic E-state index is 13.2. The molecule has 2 rings (SSSR count). The lowest BCUT2D eigenvalue weighted by atomic mass is 10.2. The van der Waals surface area contributed by atoms with Gasteiger partial charge in [0.25, 0.3) is 0 Å². The van der Waals surface area contributed by atoms with E-state index in [2.05, 4.69) is 0 Å². The number of hydrogen-bond acceptors (Lipinski definition) is 3. The van der Waals surface area contributed by atoms with Crippen LogP contribution in [0.4, 0.5) is 4.39 Å². The summed E-state index contributed by atoms with van der Waals surface area (Å²) in [6.07, 6.45) is 0. The van der Waals surface area contributed by atoms with Gasteiger partial charge in [-0.05, 0) is 35.9 Å². The maximum absolute atomic E-state index is 13.2. The molecule has 3 nitrogen and oxygen atoms in total. The van der Waals surface area contributed by atoms with E-state index in [0.29, 0.717) is 5.02 Å². The van der Waals surface area contributed by atoms with E-state index in [-0.39, 0.29) is 17.9 Å². The van der Waals surface area contributed by atoms with Gasteiger partial charge >= 0.3 is 5.97 Å². The number of methoxy groups -OCH3 is 1. The molecule has 0 amide bonds. The van der Waals surface area contributed by atoms with Crippen molar-refractivity contribution in [3.8, 4) is 5.75 Å². The molecule has 0 spiro atoms. The highest BCUT2D eigenvalue weighted by Gasteiger charge is 2.15. The van der Waals surface area contributed by atoms with Gasteiger partial charge in [-0.1, -0.05) is 23.7 Å². The summed E-state index contributed by atoms with van der Waals surface area (Å²) in [6.45, 7) is 0.0790. The van der Waals surface area contributed by atoms with E-state index >= 15 is 0 Å². The maximum Gasteiger partial charge on any atom is 0.342 e. The van der Waals surface area contributed by atoms with Crippen LogP contribution in [-0.2, 0) is 11.3 Å². The first-order valence-electron chi connectivity index (χ1n) is 5.85. The smallest absolute Gasteiger partial charge is 0.342 e. The largest absolute Gasteiger partial charge is 0.496 e. The summed E-state index contributed by atoms with van der Waals surface area (Å²) in [6, 6.07) is 10.6. The van der Waals surface area contributed by atoms with Gasteiger partial charge in [-0.2, -0.15) is 0 Å². The zero-order valence-corrected chi connectivity index (χ0v) is 11.5. The van der Waals surface area contributed by atoms with Crippen LogP contribution in [-0.4, -0.2) is 13.1 Å². The van der Waals surface area contributed by atoms with Crippen LogP contribution >= 0.6 is 11.6 Å². The van der Waals surface area contributed by atoms with Crippen molar-refractivity contribution in [1.29, 1.82) is 0 Å². The number of halogens is 2. The Hall–Kier alpha value is -2.07. The molecule has 0 aliphatic rings. The highest BCUT2D eigenvalue weighted by molar-refractivity contribution is 6.30. The average molecular weight is 295 g/mol. The van der Waals surface area contributed by atoms with Crippen molar-refractivity contribution in [2.45, 2.75) is 6.61 Å². The number of hydrogen-bond donors (Lipinski definition) is 0. The number of ether oxygens (including phenoxy) is 2. The summed E-state index contributed by atoms with van der Waals surface area (Å²) in [4.78, 5) is 11.9. The Morgan fingerprint density at radius 2 is 1.90 bits per heavy atom. The summed E-state index contributed by atoms with van der Waals surface area (Å²) < 4.78 is 23.3. The normalized spacial score (nSPS) is 10.2. The van der Waals surface area contributed by atoms with Gasteiger partial charge in [0.15, 0.2) is 0 Å². The Kier molecular flexibility index (Phi) is 4.58. The van der Waals surface area contributed by atoms with Crippen LogP contribution in [0.1, 0.15) is 15.9 Å². The fourth-order valence-corrected chi connectivity index (χ4v) is 1.77. The third-order valence-electron chi connectivity index (χ3n) is 2.66. The number of esters is 1. The Balaban J connectivity index is 2.08. The van der Waals surface area contributed by atoms with Gasteiger partial charge in [0.2, 0.25) is 0 Å². The van der Waals surface area contributed by atoms with Crippen LogP contribution in [0.25, 0.3) is 0 Å². The Labute approximate surface area is 120 Å². The topological polar surface area (TPSA) is 35.5 Å². The lowest BCUT2D eigenvalue weighted by Crippen LogP contribution is -2.07. The van der Waals surface area contributed by atoms with Gasteiger partial charge in [0.1, 0.15) is 23.7 Å². The molecule has 0 aliphatic heterocycles. The number of benzene rings is 2. The summed E-state index contributed by atoms with van der Waals surface area (Å²) in [7, 11) is 1.41. The molecule has 2 aromatic carbocycles. The second kappa shape index (κ2) is 6.39. The van der Waals surface area contributed by atoms with Crippen molar-refractivity contribution in [1.82, 2.24) is 0 Å². The minimum Gasteiger partial charge on any atom is -0.496 e. The highest BCUT2D eigenvalue weighted by atomic mass is 35.5. The molecular formula is C15H12ClFO3. The predicted molar refractivity (Wildman–Crippen MR) is 73.5 cm³/mol. The lowest BCUT2D eigenvalue weighted by Gasteiger charge is -2.09. The SMILES string of the molecule is COc1ccc(F)cc1C(=O)OCc1ccc(Cl)cc1. The molecule has 0 heterocycles. The molecule has 0 N–H and O–H groups in total. The van der Waals surface area contributed by atoms with Crippen molar-refractivity contribution >= 4 is 17.6 Å². The highest BCUT2D eigenvalue weighted by Crippen LogP contribution is 2.21. The van der Waals surface area contributed by atoms with Crippen LogP contribution in [0, 0.1) is 5.82 Å². The van der Waals surface area contributed by atoms with Crippen molar-refractivity contribution in [2.75, 3.05) is 7.11 Å². The first kappa shape index (κ1) is 14.3. The Morgan fingerprint density at radius 1 is 1.20 bits per heavy atom. The standard InChI is InChI=1S/C15H12ClFO3/c1-19-14-7-6-12(17)8-13(14)15(18)20-9-10-2-4-11(16)5-3-10/h2-8H,9H2,1H3. The molecule has 0 saturated carbocycles. The summed E-state index contributed by atoms with van der Waals surface area (Å²) in [5.74, 6) is -0.895. The molecule has 0 aromatic heterocycles.